The predicted molar refractivity (Wildman–Crippen MR) is 99.5 cm³/mol. The summed E-state index contributed by atoms with van der Waals surface area (Å²) in [6, 6.07) is 6.85. The summed E-state index contributed by atoms with van der Waals surface area (Å²) in [5.74, 6) is -0.0181. The van der Waals surface area contributed by atoms with E-state index in [1.54, 1.807) is 10.7 Å². The highest BCUT2D eigenvalue weighted by atomic mass is 35.5. The lowest BCUT2D eigenvalue weighted by Crippen LogP contribution is -2.39. The van der Waals surface area contributed by atoms with E-state index in [-0.39, 0.29) is 36.0 Å². The van der Waals surface area contributed by atoms with Gasteiger partial charge in [-0.1, -0.05) is 12.1 Å². The van der Waals surface area contributed by atoms with Gasteiger partial charge in [0.1, 0.15) is 5.82 Å². The van der Waals surface area contributed by atoms with Crippen LogP contribution in [-0.4, -0.2) is 39.7 Å². The van der Waals surface area contributed by atoms with Crippen LogP contribution in [0.5, 0.6) is 0 Å². The van der Waals surface area contributed by atoms with Gasteiger partial charge in [-0.05, 0) is 36.1 Å². The maximum absolute atomic E-state index is 13.5. The van der Waals surface area contributed by atoms with Gasteiger partial charge in [0.15, 0.2) is 0 Å². The van der Waals surface area contributed by atoms with Crippen LogP contribution in [0.4, 0.5) is 4.39 Å². The first-order valence-electron chi connectivity index (χ1n) is 8.86. The van der Waals surface area contributed by atoms with E-state index >= 15 is 0 Å². The molecule has 2 heterocycles. The summed E-state index contributed by atoms with van der Waals surface area (Å²) in [6.07, 6.45) is 5.93. The van der Waals surface area contributed by atoms with Crippen LogP contribution in [0.25, 0.3) is 0 Å². The molecule has 0 unspecified atom stereocenters. The van der Waals surface area contributed by atoms with Gasteiger partial charge in [-0.2, -0.15) is 5.10 Å². The Morgan fingerprint density at radius 1 is 1.38 bits per heavy atom. The number of hydrogen-bond acceptors (Lipinski definition) is 3. The number of nitrogens with zero attached hydrogens (tertiary/aromatic N) is 3. The minimum Gasteiger partial charge on any atom is -0.335 e. The molecule has 2 aromatic rings. The van der Waals surface area contributed by atoms with Crippen LogP contribution in [0.3, 0.4) is 0 Å². The Kier molecular flexibility index (Phi) is 5.63. The summed E-state index contributed by atoms with van der Waals surface area (Å²) in [5.41, 5.74) is 1.96. The third-order valence-corrected chi connectivity index (χ3v) is 5.20. The Bertz CT molecular complexity index is 776. The van der Waals surface area contributed by atoms with Crippen molar-refractivity contribution >= 4 is 18.3 Å². The number of aromatic nitrogens is 2. The fourth-order valence-corrected chi connectivity index (χ4v) is 3.74. The SMILES string of the molecule is Cl.Cn1cc([C@H]2CNC[C@@H]2C(=O)N(Cc2cccc(F)c2)C2CC2)cn1. The van der Waals surface area contributed by atoms with Gasteiger partial charge in [-0.25, -0.2) is 4.39 Å². The van der Waals surface area contributed by atoms with E-state index < -0.39 is 0 Å². The molecule has 5 nitrogen and oxygen atoms in total. The molecule has 2 atom stereocenters. The lowest BCUT2D eigenvalue weighted by atomic mass is 9.89. The van der Waals surface area contributed by atoms with Crippen molar-refractivity contribution in [2.24, 2.45) is 13.0 Å². The van der Waals surface area contributed by atoms with E-state index in [4.69, 9.17) is 0 Å². The average molecular weight is 379 g/mol. The summed E-state index contributed by atoms with van der Waals surface area (Å²) in [5, 5.41) is 7.60. The smallest absolute Gasteiger partial charge is 0.228 e. The molecule has 0 spiro atoms. The van der Waals surface area contributed by atoms with Crippen molar-refractivity contribution < 1.29 is 9.18 Å². The molecule has 1 saturated heterocycles. The lowest BCUT2D eigenvalue weighted by molar-refractivity contribution is -0.136. The summed E-state index contributed by atoms with van der Waals surface area (Å²) >= 11 is 0. The number of halogens is 2. The minimum absolute atomic E-state index is 0. The first-order valence-corrected chi connectivity index (χ1v) is 8.86. The monoisotopic (exact) mass is 378 g/mol. The molecular formula is C19H24ClFN4O. The van der Waals surface area contributed by atoms with Gasteiger partial charge >= 0.3 is 0 Å². The number of amides is 1. The topological polar surface area (TPSA) is 50.2 Å². The minimum atomic E-state index is -0.253. The summed E-state index contributed by atoms with van der Waals surface area (Å²) in [4.78, 5) is 15.2. The van der Waals surface area contributed by atoms with Gasteiger partial charge in [0.25, 0.3) is 0 Å². The highest BCUT2D eigenvalue weighted by Gasteiger charge is 2.41. The second-order valence-electron chi connectivity index (χ2n) is 7.15. The molecule has 26 heavy (non-hydrogen) atoms. The standard InChI is InChI=1S/C19H23FN4O.ClH/c1-23-12-14(8-22-23)17-9-21-10-18(17)19(25)24(16-5-6-16)11-13-3-2-4-15(20)7-13;/h2-4,7-8,12,16-18,21H,5-6,9-11H2,1H3;1H/t17-,18+;/m1./s1. The van der Waals surface area contributed by atoms with Crippen LogP contribution in [0.1, 0.15) is 29.9 Å². The summed E-state index contributed by atoms with van der Waals surface area (Å²) in [7, 11) is 1.89. The van der Waals surface area contributed by atoms with E-state index in [2.05, 4.69) is 10.4 Å². The number of nitrogens with one attached hydrogen (secondary N) is 1. The van der Waals surface area contributed by atoms with E-state index in [9.17, 15) is 9.18 Å². The summed E-state index contributed by atoms with van der Waals surface area (Å²) < 4.78 is 15.3. The number of benzene rings is 1. The van der Waals surface area contributed by atoms with Crippen LogP contribution in [-0.2, 0) is 18.4 Å². The fraction of sp³-hybridized carbons (Fsp3) is 0.474. The predicted octanol–water partition coefficient (Wildman–Crippen LogP) is 2.48. The van der Waals surface area contributed by atoms with Crippen molar-refractivity contribution in [2.45, 2.75) is 31.3 Å². The Labute approximate surface area is 159 Å². The number of carbonyl (C=O) groups is 1. The molecule has 1 aliphatic heterocycles. The van der Waals surface area contributed by atoms with Gasteiger partial charge in [-0.15, -0.1) is 12.4 Å². The molecule has 1 aromatic heterocycles. The highest BCUT2D eigenvalue weighted by molar-refractivity contribution is 5.85. The Balaban J connectivity index is 0.00000196. The number of carbonyl (C=O) groups excluding carboxylic acids is 1. The van der Waals surface area contributed by atoms with E-state index in [1.807, 2.05) is 30.4 Å². The molecule has 4 rings (SSSR count). The summed E-state index contributed by atoms with van der Waals surface area (Å²) in [6.45, 7) is 1.96. The van der Waals surface area contributed by atoms with Crippen LogP contribution >= 0.6 is 12.4 Å². The fourth-order valence-electron chi connectivity index (χ4n) is 3.74. The van der Waals surface area contributed by atoms with Crippen LogP contribution < -0.4 is 5.32 Å². The molecular weight excluding hydrogens is 355 g/mol. The first kappa shape index (κ1) is 18.9. The normalized spacial score (nSPS) is 22.1. The first-order chi connectivity index (χ1) is 12.1. The maximum atomic E-state index is 13.5. The van der Waals surface area contributed by atoms with Crippen molar-refractivity contribution in [3.8, 4) is 0 Å². The number of rotatable bonds is 5. The van der Waals surface area contributed by atoms with Crippen molar-refractivity contribution in [3.63, 3.8) is 0 Å². The van der Waals surface area contributed by atoms with E-state index in [1.165, 1.54) is 12.1 Å². The third kappa shape index (κ3) is 3.91. The van der Waals surface area contributed by atoms with Crippen LogP contribution in [0, 0.1) is 11.7 Å². The molecule has 1 aromatic carbocycles. The zero-order chi connectivity index (χ0) is 17.4. The van der Waals surface area contributed by atoms with Gasteiger partial charge in [0, 0.05) is 44.8 Å². The maximum Gasteiger partial charge on any atom is 0.228 e. The lowest BCUT2D eigenvalue weighted by Gasteiger charge is -2.28. The largest absolute Gasteiger partial charge is 0.335 e. The molecule has 1 aliphatic carbocycles. The van der Waals surface area contributed by atoms with Gasteiger partial charge in [-0.3, -0.25) is 9.48 Å². The average Bonchev–Trinajstić information content (AvgIpc) is 3.14. The van der Waals surface area contributed by atoms with Crippen molar-refractivity contribution in [1.29, 1.82) is 0 Å². The van der Waals surface area contributed by atoms with Crippen LogP contribution in [0.15, 0.2) is 36.7 Å². The van der Waals surface area contributed by atoms with Crippen molar-refractivity contribution in [1.82, 2.24) is 20.0 Å². The van der Waals surface area contributed by atoms with E-state index in [0.717, 1.165) is 30.5 Å². The number of aryl methyl sites for hydroxylation is 1. The van der Waals surface area contributed by atoms with Gasteiger partial charge in [0.2, 0.25) is 5.91 Å². The Hall–Kier alpha value is -1.92. The van der Waals surface area contributed by atoms with Crippen LogP contribution in [0.2, 0.25) is 0 Å². The van der Waals surface area contributed by atoms with Gasteiger partial charge in [0.05, 0.1) is 12.1 Å². The molecule has 140 valence electrons. The van der Waals surface area contributed by atoms with E-state index in [0.29, 0.717) is 19.1 Å². The Morgan fingerprint density at radius 3 is 2.85 bits per heavy atom. The molecule has 0 bridgehead atoms. The second-order valence-corrected chi connectivity index (χ2v) is 7.15. The molecule has 2 aliphatic rings. The quantitative estimate of drug-likeness (QED) is 0.869. The molecule has 1 N–H and O–H groups in total. The zero-order valence-corrected chi connectivity index (χ0v) is 15.6. The highest BCUT2D eigenvalue weighted by Crippen LogP contribution is 2.35. The van der Waals surface area contributed by atoms with Crippen molar-refractivity contribution in [3.05, 3.63) is 53.6 Å². The van der Waals surface area contributed by atoms with Gasteiger partial charge < -0.3 is 10.2 Å². The second kappa shape index (κ2) is 7.76. The molecule has 7 heteroatoms. The molecule has 2 fully saturated rings. The number of hydrogen-bond donors (Lipinski definition) is 1. The molecule has 0 radical (unpaired) electrons. The Morgan fingerprint density at radius 2 is 2.19 bits per heavy atom. The third-order valence-electron chi connectivity index (χ3n) is 5.20. The zero-order valence-electron chi connectivity index (χ0n) is 14.8. The van der Waals surface area contributed by atoms with Crippen molar-refractivity contribution in [2.75, 3.05) is 13.1 Å². The molecule has 1 amide bonds. The molecule has 1 saturated carbocycles.